The Kier molecular flexibility index (Phi) is 1.96. The van der Waals surface area contributed by atoms with Crippen molar-refractivity contribution in [2.75, 3.05) is 0 Å². The van der Waals surface area contributed by atoms with Gasteiger partial charge in [-0.15, -0.1) is 11.6 Å². The van der Waals surface area contributed by atoms with Gasteiger partial charge in [0.05, 0.1) is 10.3 Å². The molecular weight excluding hydrogens is 190 g/mol. The fraction of sp³-hybridized carbons (Fsp3) is 0.333. The molecule has 68 valence electrons. The first-order valence-corrected chi connectivity index (χ1v) is 4.54. The largest absolute Gasteiger partial charge is 0.272 e. The molecule has 0 radical (unpaired) electrons. The zero-order valence-corrected chi connectivity index (χ0v) is 7.62. The van der Waals surface area contributed by atoms with Gasteiger partial charge in [-0.05, 0) is 18.4 Å². The highest BCUT2D eigenvalue weighted by atomic mass is 35.5. The second-order valence-corrected chi connectivity index (χ2v) is 3.64. The molecule has 3 nitrogen and oxygen atoms in total. The highest BCUT2D eigenvalue weighted by molar-refractivity contribution is 6.21. The van der Waals surface area contributed by atoms with Crippen molar-refractivity contribution in [2.24, 2.45) is 0 Å². The first-order valence-electron chi connectivity index (χ1n) is 4.10. The molecule has 0 N–H and O–H groups in total. The number of fused-ring (bicyclic) bond motifs is 1. The molecule has 2 rings (SSSR count). The third-order valence-corrected chi connectivity index (χ3v) is 2.82. The summed E-state index contributed by atoms with van der Waals surface area (Å²) in [5.74, 6) is 0. The van der Waals surface area contributed by atoms with Gasteiger partial charge in [-0.2, -0.15) is 0 Å². The average Bonchev–Trinajstić information content (AvgIpc) is 2.48. The fourth-order valence-corrected chi connectivity index (χ4v) is 2.07. The van der Waals surface area contributed by atoms with Gasteiger partial charge in [-0.25, -0.2) is 0 Å². The highest BCUT2D eigenvalue weighted by Gasteiger charge is 2.26. The maximum absolute atomic E-state index is 10.6. The SMILES string of the molecule is O=[N+]([O-])c1cccc2c1CCC2Cl. The normalized spacial score (nSPS) is 19.9. The fourth-order valence-electron chi connectivity index (χ4n) is 1.76. The number of alkyl halides is 1. The van der Waals surface area contributed by atoms with E-state index in [0.717, 1.165) is 24.0 Å². The third-order valence-electron chi connectivity index (χ3n) is 2.37. The van der Waals surface area contributed by atoms with Crippen molar-refractivity contribution in [3.8, 4) is 0 Å². The van der Waals surface area contributed by atoms with Crippen LogP contribution in [-0.4, -0.2) is 4.92 Å². The van der Waals surface area contributed by atoms with Crippen LogP contribution in [0.3, 0.4) is 0 Å². The quantitative estimate of drug-likeness (QED) is 0.395. The van der Waals surface area contributed by atoms with Crippen molar-refractivity contribution in [1.82, 2.24) is 0 Å². The van der Waals surface area contributed by atoms with Crippen LogP contribution in [0.2, 0.25) is 0 Å². The predicted molar refractivity (Wildman–Crippen MR) is 50.0 cm³/mol. The molecule has 0 aliphatic heterocycles. The lowest BCUT2D eigenvalue weighted by Crippen LogP contribution is -1.94. The Morgan fingerprint density at radius 1 is 1.54 bits per heavy atom. The lowest BCUT2D eigenvalue weighted by molar-refractivity contribution is -0.385. The van der Waals surface area contributed by atoms with Crippen molar-refractivity contribution in [2.45, 2.75) is 18.2 Å². The van der Waals surface area contributed by atoms with Crippen LogP contribution in [0, 0.1) is 10.1 Å². The van der Waals surface area contributed by atoms with Gasteiger partial charge in [0.1, 0.15) is 0 Å². The van der Waals surface area contributed by atoms with E-state index in [9.17, 15) is 10.1 Å². The number of nitro benzene ring substituents is 1. The zero-order valence-electron chi connectivity index (χ0n) is 6.87. The Labute approximate surface area is 80.5 Å². The Morgan fingerprint density at radius 3 is 3.00 bits per heavy atom. The van der Waals surface area contributed by atoms with Gasteiger partial charge in [-0.3, -0.25) is 10.1 Å². The Hall–Kier alpha value is -1.09. The standard InChI is InChI=1S/C9H8ClNO2/c10-8-5-4-7-6(8)2-1-3-9(7)11(12)13/h1-3,8H,4-5H2. The van der Waals surface area contributed by atoms with Gasteiger partial charge in [0.2, 0.25) is 0 Å². The van der Waals surface area contributed by atoms with E-state index in [0.29, 0.717) is 0 Å². The summed E-state index contributed by atoms with van der Waals surface area (Å²) in [6, 6.07) is 5.10. The van der Waals surface area contributed by atoms with E-state index in [1.807, 2.05) is 6.07 Å². The molecule has 1 aliphatic carbocycles. The number of hydrogen-bond acceptors (Lipinski definition) is 2. The summed E-state index contributed by atoms with van der Waals surface area (Å²) >= 11 is 6.00. The van der Waals surface area contributed by atoms with Gasteiger partial charge in [0, 0.05) is 11.6 Å². The molecule has 0 aromatic heterocycles. The van der Waals surface area contributed by atoms with Gasteiger partial charge >= 0.3 is 0 Å². The summed E-state index contributed by atoms with van der Waals surface area (Å²) in [6.45, 7) is 0. The lowest BCUT2D eigenvalue weighted by atomic mass is 10.1. The summed E-state index contributed by atoms with van der Waals surface area (Å²) in [6.07, 6.45) is 1.53. The molecule has 1 aromatic rings. The number of benzene rings is 1. The van der Waals surface area contributed by atoms with Gasteiger partial charge in [0.15, 0.2) is 0 Å². The van der Waals surface area contributed by atoms with E-state index in [4.69, 9.17) is 11.6 Å². The second-order valence-electron chi connectivity index (χ2n) is 3.11. The molecule has 0 bridgehead atoms. The summed E-state index contributed by atoms with van der Waals surface area (Å²) in [5, 5.41) is 10.6. The van der Waals surface area contributed by atoms with Crippen LogP contribution >= 0.6 is 11.6 Å². The minimum Gasteiger partial charge on any atom is -0.258 e. The highest BCUT2D eigenvalue weighted by Crippen LogP contribution is 2.39. The van der Waals surface area contributed by atoms with Crippen molar-refractivity contribution >= 4 is 17.3 Å². The van der Waals surface area contributed by atoms with Gasteiger partial charge < -0.3 is 0 Å². The minimum atomic E-state index is -0.340. The summed E-state index contributed by atoms with van der Waals surface area (Å²) in [7, 11) is 0. The van der Waals surface area contributed by atoms with Crippen molar-refractivity contribution in [3.63, 3.8) is 0 Å². The molecule has 13 heavy (non-hydrogen) atoms. The van der Waals surface area contributed by atoms with Crippen LogP contribution in [0.5, 0.6) is 0 Å². The van der Waals surface area contributed by atoms with E-state index in [1.165, 1.54) is 6.07 Å². The number of nitrogens with zero attached hydrogens (tertiary/aromatic N) is 1. The number of nitro groups is 1. The maximum atomic E-state index is 10.6. The first-order chi connectivity index (χ1) is 6.20. The van der Waals surface area contributed by atoms with E-state index in [1.54, 1.807) is 6.07 Å². The molecule has 1 atom stereocenters. The molecule has 0 saturated carbocycles. The molecule has 0 amide bonds. The van der Waals surface area contributed by atoms with Crippen LogP contribution in [0.1, 0.15) is 22.9 Å². The Morgan fingerprint density at radius 2 is 2.31 bits per heavy atom. The predicted octanol–water partition coefficient (Wildman–Crippen LogP) is 2.82. The number of halogens is 1. The molecule has 0 saturated heterocycles. The molecule has 1 aliphatic rings. The van der Waals surface area contributed by atoms with Gasteiger partial charge in [-0.1, -0.05) is 12.1 Å². The molecule has 0 fully saturated rings. The third kappa shape index (κ3) is 1.29. The maximum Gasteiger partial charge on any atom is 0.272 e. The van der Waals surface area contributed by atoms with E-state index in [-0.39, 0.29) is 16.0 Å². The first kappa shape index (κ1) is 8.51. The van der Waals surface area contributed by atoms with E-state index < -0.39 is 0 Å². The lowest BCUT2D eigenvalue weighted by Gasteiger charge is -2.01. The number of rotatable bonds is 1. The van der Waals surface area contributed by atoms with Crippen LogP contribution in [0.15, 0.2) is 18.2 Å². The summed E-state index contributed by atoms with van der Waals surface area (Å²) in [5.41, 5.74) is 1.95. The summed E-state index contributed by atoms with van der Waals surface area (Å²) < 4.78 is 0. The van der Waals surface area contributed by atoms with Crippen LogP contribution in [-0.2, 0) is 6.42 Å². The Bertz CT molecular complexity index is 365. The number of hydrogen-bond donors (Lipinski definition) is 0. The van der Waals surface area contributed by atoms with Crippen molar-refractivity contribution in [1.29, 1.82) is 0 Å². The molecule has 1 aromatic carbocycles. The molecular formula is C9H8ClNO2. The minimum absolute atomic E-state index is 0.0464. The van der Waals surface area contributed by atoms with Crippen molar-refractivity contribution in [3.05, 3.63) is 39.4 Å². The molecule has 0 heterocycles. The zero-order chi connectivity index (χ0) is 9.42. The van der Waals surface area contributed by atoms with Crippen molar-refractivity contribution < 1.29 is 4.92 Å². The molecule has 1 unspecified atom stereocenters. The monoisotopic (exact) mass is 197 g/mol. The summed E-state index contributed by atoms with van der Waals surface area (Å²) in [4.78, 5) is 10.3. The van der Waals surface area contributed by atoms with Crippen LogP contribution < -0.4 is 0 Å². The van der Waals surface area contributed by atoms with E-state index >= 15 is 0 Å². The van der Waals surface area contributed by atoms with Crippen LogP contribution in [0.4, 0.5) is 5.69 Å². The Balaban J connectivity index is 2.57. The van der Waals surface area contributed by atoms with Gasteiger partial charge in [0.25, 0.3) is 5.69 Å². The van der Waals surface area contributed by atoms with E-state index in [2.05, 4.69) is 0 Å². The molecule has 4 heteroatoms. The second kappa shape index (κ2) is 3.00. The topological polar surface area (TPSA) is 43.1 Å². The van der Waals surface area contributed by atoms with Crippen LogP contribution in [0.25, 0.3) is 0 Å². The average molecular weight is 198 g/mol. The smallest absolute Gasteiger partial charge is 0.258 e. The molecule has 0 spiro atoms.